The van der Waals surface area contributed by atoms with Crippen molar-refractivity contribution in [2.24, 2.45) is 35.0 Å². The van der Waals surface area contributed by atoms with Crippen molar-refractivity contribution >= 4 is 71.1 Å². The number of carbonyl (C=O) groups is 12. The van der Waals surface area contributed by atoms with Crippen LogP contribution in [0.3, 0.4) is 0 Å². The monoisotopic (exact) mass is 1000 g/mol. The van der Waals surface area contributed by atoms with Crippen molar-refractivity contribution in [3.05, 3.63) is 0 Å². The average molecular weight is 1000 g/mol. The van der Waals surface area contributed by atoms with E-state index in [1.54, 1.807) is 27.7 Å². The van der Waals surface area contributed by atoms with Crippen LogP contribution in [0.1, 0.15) is 112 Å². The zero-order valence-electron chi connectivity index (χ0n) is 40.7. The molecular weight excluding hydrogens is 927 g/mol. The van der Waals surface area contributed by atoms with E-state index in [1.807, 2.05) is 13.8 Å². The van der Waals surface area contributed by atoms with E-state index in [4.69, 9.17) is 17.2 Å². The number of nitrogens with one attached hydrogen (secondary N) is 8. The van der Waals surface area contributed by atoms with Crippen molar-refractivity contribution < 1.29 is 78.0 Å². The fourth-order valence-corrected chi connectivity index (χ4v) is 6.62. The number of unbranched alkanes of at least 4 members (excludes halogenated alkanes) is 1. The summed E-state index contributed by atoms with van der Waals surface area (Å²) < 4.78 is 0. The first kappa shape index (κ1) is 63.5. The number of aliphatic hydroxyl groups is 1. The third kappa shape index (κ3) is 26.9. The van der Waals surface area contributed by atoms with Gasteiger partial charge in [0.25, 0.3) is 0 Å². The molecule has 0 aliphatic carbocycles. The van der Waals surface area contributed by atoms with Crippen LogP contribution in [0.5, 0.6) is 0 Å². The summed E-state index contributed by atoms with van der Waals surface area (Å²) in [6, 6.07) is -11.9. The predicted octanol–water partition coefficient (Wildman–Crippen LogP) is -4.23. The smallest absolute Gasteiger partial charge is 0.326 e. The normalized spacial score (nSPS) is 14.6. The molecule has 0 heterocycles. The lowest BCUT2D eigenvalue weighted by Gasteiger charge is -2.26. The molecule has 0 radical (unpaired) electrons. The van der Waals surface area contributed by atoms with E-state index < -0.39 is 165 Å². The number of nitrogens with two attached hydrogens (primary N) is 3. The molecule has 27 heteroatoms. The minimum Gasteiger partial charge on any atom is -0.481 e. The van der Waals surface area contributed by atoms with Gasteiger partial charge >= 0.3 is 17.9 Å². The Kier molecular flexibility index (Phi) is 30.1. The summed E-state index contributed by atoms with van der Waals surface area (Å²) in [5, 5.41) is 56.8. The molecule has 0 aromatic carbocycles. The van der Waals surface area contributed by atoms with E-state index in [2.05, 4.69) is 42.5 Å². The standard InChI is InChI=1S/C43H75N11O16/c1-21(2)15-24(45)36(62)51-28(16-22(3)4)40(66)52-29(18-35(60)61)41(67)49-26(11-13-34(58)59)37(63)47-19-33(57)48-25(9-7-8-14-44)38(64)50-27(10-12-32(46)56)39(65)54-31(20-55)42(68)53-30(43(69)70)17-23(5)6/h21-31,55H,7-20,44-45H2,1-6H3,(H2,46,56)(H,47,63)(H,48,57)(H,49,67)(H,50,64)(H,51,62)(H,52,66)(H,53,68)(H,54,65)(H,58,59)(H,60,61)(H,69,70)/t24-,25-,26-,27-,28-,29-,30-,31-/m0/s1. The molecule has 0 aliphatic heterocycles. The van der Waals surface area contributed by atoms with Crippen LogP contribution in [0.4, 0.5) is 0 Å². The molecule has 0 fully saturated rings. The van der Waals surface area contributed by atoms with Gasteiger partial charge in [0.2, 0.25) is 53.2 Å². The summed E-state index contributed by atoms with van der Waals surface area (Å²) in [6.07, 6.45) is -2.34. The van der Waals surface area contributed by atoms with E-state index in [9.17, 15) is 78.0 Å². The topological polar surface area (TPSA) is 460 Å². The molecule has 70 heavy (non-hydrogen) atoms. The second-order valence-electron chi connectivity index (χ2n) is 18.0. The number of rotatable bonds is 36. The Hall–Kier alpha value is -6.48. The lowest BCUT2D eigenvalue weighted by atomic mass is 10.00. The molecule has 0 spiro atoms. The highest BCUT2D eigenvalue weighted by Crippen LogP contribution is 2.11. The molecule has 0 aliphatic rings. The maximum atomic E-state index is 13.7. The van der Waals surface area contributed by atoms with Gasteiger partial charge in [-0.1, -0.05) is 41.5 Å². The van der Waals surface area contributed by atoms with Crippen molar-refractivity contribution in [3.63, 3.8) is 0 Å². The minimum absolute atomic E-state index is 0.0157. The summed E-state index contributed by atoms with van der Waals surface area (Å²) >= 11 is 0. The molecule has 0 unspecified atom stereocenters. The molecule has 27 nitrogen and oxygen atoms in total. The summed E-state index contributed by atoms with van der Waals surface area (Å²) in [7, 11) is 0. The molecule has 0 aromatic rings. The van der Waals surface area contributed by atoms with Gasteiger partial charge < -0.3 is 80.2 Å². The number of amides is 9. The third-order valence-corrected chi connectivity index (χ3v) is 10.2. The number of primary amides is 1. The van der Waals surface area contributed by atoms with Gasteiger partial charge in [-0.2, -0.15) is 0 Å². The summed E-state index contributed by atoms with van der Waals surface area (Å²) in [4.78, 5) is 153. The molecule has 0 saturated heterocycles. The second kappa shape index (κ2) is 33.1. The fraction of sp³-hybridized carbons (Fsp3) is 0.721. The van der Waals surface area contributed by atoms with E-state index in [-0.39, 0.29) is 56.4 Å². The van der Waals surface area contributed by atoms with Gasteiger partial charge in [-0.25, -0.2) is 4.79 Å². The molecule has 0 rings (SSSR count). The molecule has 18 N–H and O–H groups in total. The van der Waals surface area contributed by atoms with Gasteiger partial charge in [0.15, 0.2) is 0 Å². The van der Waals surface area contributed by atoms with Gasteiger partial charge in [-0.3, -0.25) is 52.7 Å². The van der Waals surface area contributed by atoms with Gasteiger partial charge in [0, 0.05) is 12.8 Å². The van der Waals surface area contributed by atoms with Gasteiger partial charge in [0.05, 0.1) is 25.6 Å². The Morgan fingerprint density at radius 1 is 0.471 bits per heavy atom. The van der Waals surface area contributed by atoms with Crippen LogP contribution in [0.2, 0.25) is 0 Å². The average Bonchev–Trinajstić information content (AvgIpc) is 3.25. The molecule has 0 saturated carbocycles. The Labute approximate surface area is 406 Å². The number of aliphatic hydroxyl groups excluding tert-OH is 1. The number of carbonyl (C=O) groups excluding carboxylic acids is 9. The first-order chi connectivity index (χ1) is 32.6. The highest BCUT2D eigenvalue weighted by Gasteiger charge is 2.34. The maximum Gasteiger partial charge on any atom is 0.326 e. The molecule has 398 valence electrons. The number of carboxylic acid groups (broad SMARTS) is 3. The largest absolute Gasteiger partial charge is 0.481 e. The SMILES string of the molecule is CC(C)C[C@H](NC(=O)[C@H](CO)NC(=O)[C@H](CCC(N)=O)NC(=O)[C@H](CCCCN)NC(=O)CNC(=O)[C@H](CCC(=O)O)NC(=O)[C@H](CC(=O)O)NC(=O)[C@H](CC(C)C)NC(=O)[C@@H](N)CC(C)C)C(=O)O. The Balaban J connectivity index is 6.30. The predicted molar refractivity (Wildman–Crippen MR) is 248 cm³/mol. The zero-order valence-corrected chi connectivity index (χ0v) is 40.7. The number of carboxylic acids is 3. The molecule has 0 bridgehead atoms. The van der Waals surface area contributed by atoms with Crippen LogP contribution in [0.15, 0.2) is 0 Å². The lowest BCUT2D eigenvalue weighted by Crippen LogP contribution is -2.59. The molecule has 9 amide bonds. The first-order valence-electron chi connectivity index (χ1n) is 23.0. The van der Waals surface area contributed by atoms with Crippen LogP contribution >= 0.6 is 0 Å². The van der Waals surface area contributed by atoms with Crippen LogP contribution in [-0.4, -0.2) is 160 Å². The van der Waals surface area contributed by atoms with Gasteiger partial charge in [-0.05, 0) is 75.7 Å². The minimum atomic E-state index is -1.85. The lowest BCUT2D eigenvalue weighted by molar-refractivity contribution is -0.143. The molecule has 0 aromatic heterocycles. The van der Waals surface area contributed by atoms with Crippen LogP contribution < -0.4 is 59.7 Å². The fourth-order valence-electron chi connectivity index (χ4n) is 6.62. The van der Waals surface area contributed by atoms with Gasteiger partial charge in [-0.15, -0.1) is 0 Å². The van der Waals surface area contributed by atoms with E-state index in [1.165, 1.54) is 0 Å². The van der Waals surface area contributed by atoms with E-state index in [0.717, 1.165) is 0 Å². The molecular formula is C43H75N11O16. The number of hydrogen-bond acceptors (Lipinski definition) is 15. The van der Waals surface area contributed by atoms with E-state index >= 15 is 0 Å². The maximum absolute atomic E-state index is 13.7. The number of aliphatic carboxylic acids is 3. The summed E-state index contributed by atoms with van der Waals surface area (Å²) in [5.41, 5.74) is 16.9. The van der Waals surface area contributed by atoms with Crippen molar-refractivity contribution in [1.82, 2.24) is 42.5 Å². The Morgan fingerprint density at radius 3 is 1.39 bits per heavy atom. The van der Waals surface area contributed by atoms with Crippen LogP contribution in [0, 0.1) is 17.8 Å². The van der Waals surface area contributed by atoms with Crippen LogP contribution in [0.25, 0.3) is 0 Å². The van der Waals surface area contributed by atoms with Gasteiger partial charge in [0.1, 0.15) is 42.3 Å². The summed E-state index contributed by atoms with van der Waals surface area (Å²) in [5.74, 6) is -13.7. The second-order valence-corrected chi connectivity index (χ2v) is 18.0. The van der Waals surface area contributed by atoms with E-state index in [0.29, 0.717) is 6.42 Å². The van der Waals surface area contributed by atoms with Crippen molar-refractivity contribution in [2.75, 3.05) is 19.7 Å². The van der Waals surface area contributed by atoms with Crippen molar-refractivity contribution in [3.8, 4) is 0 Å². The Morgan fingerprint density at radius 2 is 0.900 bits per heavy atom. The third-order valence-electron chi connectivity index (χ3n) is 10.2. The quantitative estimate of drug-likeness (QED) is 0.0265. The highest BCUT2D eigenvalue weighted by atomic mass is 16.4. The Bertz CT molecular complexity index is 1810. The molecule has 8 atom stereocenters. The number of hydrogen-bond donors (Lipinski definition) is 15. The first-order valence-corrected chi connectivity index (χ1v) is 23.0. The zero-order chi connectivity index (χ0) is 53.8. The highest BCUT2D eigenvalue weighted by molar-refractivity contribution is 5.98. The summed E-state index contributed by atoms with van der Waals surface area (Å²) in [6.45, 7) is 8.86. The van der Waals surface area contributed by atoms with Crippen LogP contribution in [-0.2, 0) is 57.5 Å². The van der Waals surface area contributed by atoms with Crippen molar-refractivity contribution in [1.29, 1.82) is 0 Å². The van der Waals surface area contributed by atoms with Crippen molar-refractivity contribution in [2.45, 2.75) is 161 Å².